The fraction of sp³-hybridized carbons (Fsp3) is 0.444. The van der Waals surface area contributed by atoms with E-state index in [1.807, 2.05) is 24.3 Å². The number of rotatable bonds is 2. The predicted molar refractivity (Wildman–Crippen MR) is 59.4 cm³/mol. The summed E-state index contributed by atoms with van der Waals surface area (Å²) in [5.74, 6) is 1.27. The molecule has 0 unspecified atom stereocenters. The number of aromatic nitrogens is 1. The highest BCUT2D eigenvalue weighted by Crippen LogP contribution is 2.23. The number of pyridine rings is 1. The van der Waals surface area contributed by atoms with E-state index in [0.29, 0.717) is 0 Å². The Balaban J connectivity index is 2.00. The third kappa shape index (κ3) is 2.69. The van der Waals surface area contributed by atoms with E-state index in [4.69, 9.17) is 0 Å². The molecule has 1 saturated heterocycles. The van der Waals surface area contributed by atoms with Crippen molar-refractivity contribution in [3.8, 4) is 0 Å². The van der Waals surface area contributed by atoms with Gasteiger partial charge in [0.25, 0.3) is 0 Å². The minimum absolute atomic E-state index is 1.01. The molecule has 2 rings (SSSR count). The van der Waals surface area contributed by atoms with Crippen molar-refractivity contribution in [1.82, 2.24) is 9.29 Å². The van der Waals surface area contributed by atoms with E-state index in [-0.39, 0.29) is 0 Å². The Labute approximate surface area is 91.0 Å². The molecule has 1 aliphatic heterocycles. The van der Waals surface area contributed by atoms with Gasteiger partial charge < -0.3 is 0 Å². The topological polar surface area (TPSA) is 16.1 Å². The summed E-state index contributed by atoms with van der Waals surface area (Å²) in [6.07, 6.45) is 5.07. The normalized spacial score (nSPS) is 17.9. The molecule has 1 fully saturated rings. The Bertz CT molecular complexity index is 287. The molecule has 13 heavy (non-hydrogen) atoms. The van der Waals surface area contributed by atoms with Gasteiger partial charge in [-0.15, -0.1) is 0 Å². The minimum Gasteiger partial charge on any atom is -0.263 e. The summed E-state index contributed by atoms with van der Waals surface area (Å²) in [6, 6.07) is 2.13. The molecule has 4 heteroatoms. The fourth-order valence-corrected chi connectivity index (χ4v) is 2.80. The van der Waals surface area contributed by atoms with Gasteiger partial charge in [0.05, 0.1) is 0 Å². The molecule has 0 spiro atoms. The maximum Gasteiger partial charge on any atom is 0.0410 e. The van der Waals surface area contributed by atoms with Crippen molar-refractivity contribution in [2.45, 2.75) is 13.0 Å². The summed E-state index contributed by atoms with van der Waals surface area (Å²) in [5, 5.41) is 0. The van der Waals surface area contributed by atoms with E-state index < -0.39 is 0 Å². The molecule has 0 bridgehead atoms. The molecule has 1 aliphatic rings. The summed E-state index contributed by atoms with van der Waals surface area (Å²) < 4.78 is 3.46. The number of hydrogen-bond acceptors (Lipinski definition) is 3. The lowest BCUT2D eigenvalue weighted by Gasteiger charge is -2.12. The highest BCUT2D eigenvalue weighted by Gasteiger charge is 2.12. The lowest BCUT2D eigenvalue weighted by Crippen LogP contribution is -2.10. The van der Waals surface area contributed by atoms with Crippen LogP contribution in [0.15, 0.2) is 22.9 Å². The molecule has 70 valence electrons. The van der Waals surface area contributed by atoms with Gasteiger partial charge in [0.2, 0.25) is 0 Å². The van der Waals surface area contributed by atoms with Gasteiger partial charge >= 0.3 is 0 Å². The van der Waals surface area contributed by atoms with Gasteiger partial charge in [-0.1, -0.05) is 11.9 Å². The minimum atomic E-state index is 1.01. The lowest BCUT2D eigenvalue weighted by atomic mass is 10.3. The molecule has 0 atom stereocenters. The Morgan fingerprint density at radius 3 is 3.15 bits per heavy atom. The molecule has 0 amide bonds. The van der Waals surface area contributed by atoms with Gasteiger partial charge in [-0.3, -0.25) is 4.98 Å². The van der Waals surface area contributed by atoms with Crippen molar-refractivity contribution >= 4 is 27.9 Å². The van der Waals surface area contributed by atoms with Gasteiger partial charge in [0.15, 0.2) is 0 Å². The standard InChI is InChI=1S/C9H11BrN2S/c10-9-4-8(5-11-6-9)7-12-2-1-3-13-12/h4-6H,1-3,7H2. The van der Waals surface area contributed by atoms with Crippen LogP contribution in [0.1, 0.15) is 12.0 Å². The van der Waals surface area contributed by atoms with Crippen molar-refractivity contribution in [3.63, 3.8) is 0 Å². The van der Waals surface area contributed by atoms with Crippen molar-refractivity contribution in [3.05, 3.63) is 28.5 Å². The Morgan fingerprint density at radius 1 is 1.54 bits per heavy atom. The van der Waals surface area contributed by atoms with Crippen LogP contribution in [0.2, 0.25) is 0 Å². The van der Waals surface area contributed by atoms with Gasteiger partial charge in [-0.25, -0.2) is 4.31 Å². The van der Waals surface area contributed by atoms with Crippen LogP contribution in [0.3, 0.4) is 0 Å². The zero-order chi connectivity index (χ0) is 9.10. The third-order valence-corrected chi connectivity index (χ3v) is 3.53. The van der Waals surface area contributed by atoms with Crippen molar-refractivity contribution < 1.29 is 0 Å². The monoisotopic (exact) mass is 258 g/mol. The molecule has 0 radical (unpaired) electrons. The van der Waals surface area contributed by atoms with Crippen molar-refractivity contribution in [2.24, 2.45) is 0 Å². The first-order valence-corrected chi connectivity index (χ1v) is 6.05. The van der Waals surface area contributed by atoms with Crippen LogP contribution in [0.4, 0.5) is 0 Å². The molecule has 0 N–H and O–H groups in total. The molecular weight excluding hydrogens is 248 g/mol. The fourth-order valence-electron chi connectivity index (χ4n) is 1.37. The maximum atomic E-state index is 4.14. The Hall–Kier alpha value is -0.0600. The van der Waals surface area contributed by atoms with Crippen LogP contribution < -0.4 is 0 Å². The quantitative estimate of drug-likeness (QED) is 0.760. The highest BCUT2D eigenvalue weighted by atomic mass is 79.9. The molecule has 2 heterocycles. The van der Waals surface area contributed by atoms with Crippen LogP contribution in [0.5, 0.6) is 0 Å². The van der Waals surface area contributed by atoms with Crippen LogP contribution >= 0.6 is 27.9 Å². The van der Waals surface area contributed by atoms with Crippen molar-refractivity contribution in [2.75, 3.05) is 12.3 Å². The van der Waals surface area contributed by atoms with Crippen LogP contribution in [-0.4, -0.2) is 21.6 Å². The van der Waals surface area contributed by atoms with Gasteiger partial charge in [-0.2, -0.15) is 0 Å². The first kappa shape index (κ1) is 9.49. The number of halogens is 1. The molecule has 0 aromatic carbocycles. The Kier molecular flexibility index (Phi) is 3.24. The van der Waals surface area contributed by atoms with E-state index in [2.05, 4.69) is 31.3 Å². The second-order valence-corrected chi connectivity index (χ2v) is 5.16. The third-order valence-electron chi connectivity index (χ3n) is 1.95. The molecular formula is C9H11BrN2S. The summed E-state index contributed by atoms with van der Waals surface area (Å²) in [6.45, 7) is 2.22. The van der Waals surface area contributed by atoms with Crippen LogP contribution in [0, 0.1) is 0 Å². The summed E-state index contributed by atoms with van der Waals surface area (Å²) >= 11 is 5.36. The summed E-state index contributed by atoms with van der Waals surface area (Å²) in [5.41, 5.74) is 1.28. The van der Waals surface area contributed by atoms with E-state index in [9.17, 15) is 0 Å². The number of hydrogen-bond donors (Lipinski definition) is 0. The van der Waals surface area contributed by atoms with Crippen LogP contribution in [-0.2, 0) is 6.54 Å². The van der Waals surface area contributed by atoms with Gasteiger partial charge in [0.1, 0.15) is 0 Å². The highest BCUT2D eigenvalue weighted by molar-refractivity contribution is 9.10. The Morgan fingerprint density at radius 2 is 2.46 bits per heavy atom. The maximum absolute atomic E-state index is 4.14. The second-order valence-electron chi connectivity index (χ2n) is 3.06. The zero-order valence-corrected chi connectivity index (χ0v) is 9.64. The van der Waals surface area contributed by atoms with E-state index in [1.165, 1.54) is 24.3 Å². The van der Waals surface area contributed by atoms with Gasteiger partial charge in [-0.05, 0) is 34.0 Å². The zero-order valence-electron chi connectivity index (χ0n) is 7.24. The summed E-state index contributed by atoms with van der Waals surface area (Å²) in [4.78, 5) is 4.14. The predicted octanol–water partition coefficient (Wildman–Crippen LogP) is 2.70. The molecule has 1 aromatic heterocycles. The SMILES string of the molecule is Brc1cncc(CN2CCCS2)c1. The molecule has 2 nitrogen and oxygen atoms in total. The van der Waals surface area contributed by atoms with E-state index in [0.717, 1.165) is 11.0 Å². The molecule has 0 saturated carbocycles. The molecule has 0 aliphatic carbocycles. The van der Waals surface area contributed by atoms with E-state index >= 15 is 0 Å². The van der Waals surface area contributed by atoms with Crippen LogP contribution in [0.25, 0.3) is 0 Å². The summed E-state index contributed by atoms with van der Waals surface area (Å²) in [7, 11) is 0. The average Bonchev–Trinajstić information content (AvgIpc) is 2.57. The largest absolute Gasteiger partial charge is 0.263 e. The molecule has 1 aromatic rings. The average molecular weight is 259 g/mol. The van der Waals surface area contributed by atoms with Gasteiger partial charge in [0, 0.05) is 35.7 Å². The first-order chi connectivity index (χ1) is 6.34. The van der Waals surface area contributed by atoms with Crippen molar-refractivity contribution in [1.29, 1.82) is 0 Å². The lowest BCUT2D eigenvalue weighted by molar-refractivity contribution is 0.491. The smallest absolute Gasteiger partial charge is 0.0410 e. The van der Waals surface area contributed by atoms with E-state index in [1.54, 1.807) is 0 Å². The first-order valence-electron chi connectivity index (χ1n) is 4.32. The number of nitrogens with zero attached hydrogens (tertiary/aromatic N) is 2. The second kappa shape index (κ2) is 4.44.